The summed E-state index contributed by atoms with van der Waals surface area (Å²) in [6.07, 6.45) is 6.32. The van der Waals surface area contributed by atoms with E-state index in [4.69, 9.17) is 0 Å². The molecule has 0 amide bonds. The molecule has 0 aliphatic heterocycles. The third-order valence-corrected chi connectivity index (χ3v) is 2.95. The summed E-state index contributed by atoms with van der Waals surface area (Å²) < 4.78 is 0. The molecular weight excluding hydrogens is 208 g/mol. The fourth-order valence-corrected chi connectivity index (χ4v) is 1.95. The van der Waals surface area contributed by atoms with Crippen LogP contribution in [-0.2, 0) is 4.79 Å². The zero-order valence-electron chi connectivity index (χ0n) is 9.91. The van der Waals surface area contributed by atoms with Crippen LogP contribution < -0.4 is 0 Å². The lowest BCUT2D eigenvalue weighted by molar-refractivity contribution is -0.118. The molecule has 17 heavy (non-hydrogen) atoms. The average Bonchev–Trinajstić information content (AvgIpc) is 2.56. The van der Waals surface area contributed by atoms with Crippen LogP contribution >= 0.6 is 0 Å². The van der Waals surface area contributed by atoms with Crippen molar-refractivity contribution in [3.8, 4) is 11.8 Å². The molecule has 86 valence electrons. The Kier molecular flexibility index (Phi) is 4.16. The van der Waals surface area contributed by atoms with Gasteiger partial charge in [-0.3, -0.25) is 4.79 Å². The highest BCUT2D eigenvalue weighted by molar-refractivity contribution is 5.79. The first-order valence-electron chi connectivity index (χ1n) is 6.11. The van der Waals surface area contributed by atoms with Gasteiger partial charge in [0.25, 0.3) is 0 Å². The summed E-state index contributed by atoms with van der Waals surface area (Å²) in [5.41, 5.74) is 2.35. The van der Waals surface area contributed by atoms with E-state index >= 15 is 0 Å². The summed E-state index contributed by atoms with van der Waals surface area (Å²) in [4.78, 5) is 11.3. The average molecular weight is 224 g/mol. The van der Waals surface area contributed by atoms with Crippen molar-refractivity contribution in [3.05, 3.63) is 47.5 Å². The van der Waals surface area contributed by atoms with Crippen molar-refractivity contribution in [2.75, 3.05) is 0 Å². The number of rotatable bonds is 0. The van der Waals surface area contributed by atoms with E-state index in [2.05, 4.69) is 11.8 Å². The maximum absolute atomic E-state index is 11.3. The Labute approximate surface area is 103 Å². The Morgan fingerprint density at radius 1 is 1.00 bits per heavy atom. The lowest BCUT2D eigenvalue weighted by Gasteiger charge is -1.97. The van der Waals surface area contributed by atoms with Gasteiger partial charge in [-0.05, 0) is 37.5 Å². The Bertz CT molecular complexity index is 471. The molecule has 1 heteroatoms. The molecule has 1 saturated carbocycles. The van der Waals surface area contributed by atoms with Gasteiger partial charge in [0.2, 0.25) is 0 Å². The number of carbonyl (C=O) groups excluding carboxylic acids is 1. The number of Topliss-reactive ketones (excluding diaryl/α,β-unsaturated/α-hetero) is 1. The van der Waals surface area contributed by atoms with Crippen LogP contribution in [0, 0.1) is 11.8 Å². The molecular formula is C16H16O. The lowest BCUT2D eigenvalue weighted by Crippen LogP contribution is -1.92. The minimum absolute atomic E-state index is 0.393. The van der Waals surface area contributed by atoms with Gasteiger partial charge in [0.15, 0.2) is 0 Å². The van der Waals surface area contributed by atoms with E-state index in [1.165, 1.54) is 5.57 Å². The molecule has 1 aromatic carbocycles. The Hall–Kier alpha value is -1.81. The number of hydrogen-bond donors (Lipinski definition) is 0. The first-order chi connectivity index (χ1) is 8.34. The van der Waals surface area contributed by atoms with Crippen molar-refractivity contribution in [3.63, 3.8) is 0 Å². The zero-order valence-corrected chi connectivity index (χ0v) is 9.91. The zero-order chi connectivity index (χ0) is 11.9. The van der Waals surface area contributed by atoms with Crippen LogP contribution in [0.3, 0.4) is 0 Å². The molecule has 0 atom stereocenters. The van der Waals surface area contributed by atoms with Crippen molar-refractivity contribution < 1.29 is 4.79 Å². The molecule has 1 fully saturated rings. The normalized spacial score (nSPS) is 18.4. The van der Waals surface area contributed by atoms with E-state index in [0.29, 0.717) is 12.2 Å². The molecule has 0 N–H and O–H groups in total. The molecule has 2 rings (SSSR count). The quantitative estimate of drug-likeness (QED) is 0.487. The molecule has 1 aliphatic rings. The number of ketones is 1. The second kappa shape index (κ2) is 6.06. The van der Waals surface area contributed by atoms with Crippen LogP contribution in [0.2, 0.25) is 0 Å². The highest BCUT2D eigenvalue weighted by Gasteiger charge is 2.09. The van der Waals surface area contributed by atoms with Crippen LogP contribution in [-0.4, -0.2) is 5.78 Å². The Balaban J connectivity index is 2.01. The van der Waals surface area contributed by atoms with Crippen LogP contribution in [0.5, 0.6) is 0 Å². The van der Waals surface area contributed by atoms with Gasteiger partial charge in [-0.25, -0.2) is 0 Å². The molecule has 0 saturated heterocycles. The van der Waals surface area contributed by atoms with Crippen molar-refractivity contribution in [2.24, 2.45) is 0 Å². The molecule has 0 heterocycles. The summed E-state index contributed by atoms with van der Waals surface area (Å²) in [5, 5.41) is 0. The first-order valence-corrected chi connectivity index (χ1v) is 6.11. The third kappa shape index (κ3) is 3.92. The lowest BCUT2D eigenvalue weighted by atomic mass is 10.1. The maximum Gasteiger partial charge on any atom is 0.133 e. The van der Waals surface area contributed by atoms with Crippen molar-refractivity contribution >= 4 is 5.78 Å². The first kappa shape index (κ1) is 11.7. The highest BCUT2D eigenvalue weighted by atomic mass is 16.1. The van der Waals surface area contributed by atoms with Gasteiger partial charge in [0.05, 0.1) is 0 Å². The highest BCUT2D eigenvalue weighted by Crippen LogP contribution is 2.19. The Morgan fingerprint density at radius 3 is 2.65 bits per heavy atom. The van der Waals surface area contributed by atoms with E-state index in [9.17, 15) is 4.79 Å². The molecule has 0 bridgehead atoms. The number of hydrogen-bond acceptors (Lipinski definition) is 1. The fraction of sp³-hybridized carbons (Fsp3) is 0.312. The van der Waals surface area contributed by atoms with Gasteiger partial charge in [0.1, 0.15) is 5.78 Å². The molecule has 1 aromatic rings. The van der Waals surface area contributed by atoms with Gasteiger partial charge in [-0.15, -0.1) is 0 Å². The second-order valence-electron chi connectivity index (χ2n) is 4.33. The summed E-state index contributed by atoms with van der Waals surface area (Å²) >= 11 is 0. The van der Waals surface area contributed by atoms with Gasteiger partial charge in [0, 0.05) is 18.4 Å². The van der Waals surface area contributed by atoms with E-state index in [0.717, 1.165) is 31.2 Å². The molecule has 0 spiro atoms. The molecule has 1 nitrogen and oxygen atoms in total. The van der Waals surface area contributed by atoms with E-state index in [1.807, 2.05) is 36.4 Å². The van der Waals surface area contributed by atoms with E-state index < -0.39 is 0 Å². The monoisotopic (exact) mass is 224 g/mol. The SMILES string of the molecule is O=C1CCC/C(=C\C#Cc2ccccc2)CC1. The molecule has 1 aliphatic carbocycles. The summed E-state index contributed by atoms with van der Waals surface area (Å²) in [7, 11) is 0. The van der Waals surface area contributed by atoms with Crippen LogP contribution in [0.1, 0.15) is 37.7 Å². The standard InChI is InChI=1S/C16H16O/c17-16-11-5-10-15(12-13-16)9-4-8-14-6-2-1-3-7-14/h1-3,6-7,9H,5,10-13H2/b15-9+. The van der Waals surface area contributed by atoms with Crippen LogP contribution in [0.25, 0.3) is 0 Å². The summed E-state index contributed by atoms with van der Waals surface area (Å²) in [5.74, 6) is 6.60. The van der Waals surface area contributed by atoms with E-state index in [-0.39, 0.29) is 0 Å². The second-order valence-corrected chi connectivity index (χ2v) is 4.33. The smallest absolute Gasteiger partial charge is 0.133 e. The minimum atomic E-state index is 0.393. The predicted octanol–water partition coefficient (Wildman–Crippen LogP) is 3.50. The topological polar surface area (TPSA) is 17.1 Å². The van der Waals surface area contributed by atoms with Crippen molar-refractivity contribution in [1.82, 2.24) is 0 Å². The molecule has 0 radical (unpaired) electrons. The van der Waals surface area contributed by atoms with Crippen LogP contribution in [0.4, 0.5) is 0 Å². The summed E-state index contributed by atoms with van der Waals surface area (Å²) in [6, 6.07) is 9.97. The largest absolute Gasteiger partial charge is 0.300 e. The number of benzene rings is 1. The third-order valence-electron chi connectivity index (χ3n) is 2.95. The predicted molar refractivity (Wildman–Crippen MR) is 69.5 cm³/mol. The number of allylic oxidation sites excluding steroid dienone is 2. The number of carbonyl (C=O) groups is 1. The van der Waals surface area contributed by atoms with Gasteiger partial charge < -0.3 is 0 Å². The minimum Gasteiger partial charge on any atom is -0.300 e. The maximum atomic E-state index is 11.3. The Morgan fingerprint density at radius 2 is 1.82 bits per heavy atom. The van der Waals surface area contributed by atoms with Gasteiger partial charge in [-0.1, -0.05) is 35.6 Å². The fourth-order valence-electron chi connectivity index (χ4n) is 1.95. The molecule has 0 aromatic heterocycles. The van der Waals surface area contributed by atoms with Crippen molar-refractivity contribution in [1.29, 1.82) is 0 Å². The van der Waals surface area contributed by atoms with Crippen LogP contribution in [0.15, 0.2) is 42.0 Å². The van der Waals surface area contributed by atoms with E-state index in [1.54, 1.807) is 0 Å². The summed E-state index contributed by atoms with van der Waals surface area (Å²) in [6.45, 7) is 0. The molecule has 0 unspecified atom stereocenters. The van der Waals surface area contributed by atoms with Crippen molar-refractivity contribution in [2.45, 2.75) is 32.1 Å². The van der Waals surface area contributed by atoms with Gasteiger partial charge in [-0.2, -0.15) is 0 Å². The van der Waals surface area contributed by atoms with Gasteiger partial charge >= 0.3 is 0 Å².